The minimum Gasteiger partial charge on any atom is -0.497 e. The first-order valence-corrected chi connectivity index (χ1v) is 24.0. The van der Waals surface area contributed by atoms with Gasteiger partial charge in [0.05, 0.1) is 41.8 Å². The van der Waals surface area contributed by atoms with Crippen molar-refractivity contribution in [3.63, 3.8) is 0 Å². The quantitative estimate of drug-likeness (QED) is 0.0924. The van der Waals surface area contributed by atoms with E-state index in [9.17, 15) is 27.6 Å². The number of para-hydroxylation sites is 2. The van der Waals surface area contributed by atoms with Crippen LogP contribution in [0.5, 0.6) is 11.5 Å². The first-order chi connectivity index (χ1) is 31.2. The molecule has 4 atom stereocenters. The number of aromatic nitrogens is 2. The van der Waals surface area contributed by atoms with Crippen molar-refractivity contribution in [2.75, 3.05) is 36.1 Å². The van der Waals surface area contributed by atoms with Gasteiger partial charge in [-0.2, -0.15) is 0 Å². The molecule has 0 bridgehead atoms. The molecule has 1 aliphatic carbocycles. The molecule has 16 nitrogen and oxygen atoms in total. The topological polar surface area (TPSA) is 210 Å². The molecule has 2 fully saturated rings. The maximum Gasteiger partial charge on any atom is 0.266 e. The van der Waals surface area contributed by atoms with Crippen molar-refractivity contribution < 1.29 is 37.1 Å². The fraction of sp³-hybridized carbons (Fsp3) is 0.362. The monoisotopic (exact) mass is 920 g/mol. The number of likely N-dealkylation sites (tertiary alicyclic amines) is 1. The lowest BCUT2D eigenvalue weighted by Crippen LogP contribution is -2.56. The van der Waals surface area contributed by atoms with Gasteiger partial charge in [0.2, 0.25) is 11.8 Å². The van der Waals surface area contributed by atoms with Crippen LogP contribution in [0.3, 0.4) is 0 Å². The number of hydrogen-bond donors (Lipinski definition) is 5. The van der Waals surface area contributed by atoms with E-state index in [0.717, 1.165) is 30.8 Å². The van der Waals surface area contributed by atoms with Gasteiger partial charge in [-0.3, -0.25) is 19.2 Å². The number of methoxy groups -OCH3 is 1. The molecule has 0 spiro atoms. The van der Waals surface area contributed by atoms with Crippen LogP contribution in [-0.4, -0.2) is 90.8 Å². The van der Waals surface area contributed by atoms with Crippen molar-refractivity contribution in [2.45, 2.75) is 87.9 Å². The van der Waals surface area contributed by atoms with Gasteiger partial charge in [-0.05, 0) is 75.9 Å². The second-order valence-electron chi connectivity index (χ2n) is 16.8. The van der Waals surface area contributed by atoms with Crippen LogP contribution in [0, 0.1) is 5.92 Å². The molecule has 1 saturated heterocycles. The maximum atomic E-state index is 14.8. The van der Waals surface area contributed by atoms with Gasteiger partial charge in [-0.25, -0.2) is 23.1 Å². The second-order valence-corrected chi connectivity index (χ2v) is 19.3. The van der Waals surface area contributed by atoms with Crippen LogP contribution in [0.15, 0.2) is 95.2 Å². The third kappa shape index (κ3) is 9.93. The third-order valence-electron chi connectivity index (χ3n) is 11.6. The predicted octanol–water partition coefficient (Wildman–Crippen LogP) is 6.73. The number of carbonyl (C=O) groups is 4. The highest BCUT2D eigenvalue weighted by molar-refractivity contribution is 7.90. The van der Waals surface area contributed by atoms with Gasteiger partial charge in [-0.1, -0.05) is 42.8 Å². The molecule has 4 amide bonds. The van der Waals surface area contributed by atoms with Crippen LogP contribution in [-0.2, 0) is 24.4 Å². The number of fused-ring (bicyclic) bond motifs is 3. The molecule has 340 valence electrons. The normalized spacial score (nSPS) is 21.7. The molecule has 3 aromatic carbocycles. The van der Waals surface area contributed by atoms with Gasteiger partial charge < -0.3 is 35.6 Å². The highest BCUT2D eigenvalue weighted by Crippen LogP contribution is 2.46. The van der Waals surface area contributed by atoms with E-state index in [1.54, 1.807) is 67.8 Å². The summed E-state index contributed by atoms with van der Waals surface area (Å²) in [7, 11) is -2.83. The number of pyridine rings is 1. The van der Waals surface area contributed by atoms with Crippen molar-refractivity contribution >= 4 is 72.4 Å². The van der Waals surface area contributed by atoms with E-state index in [0.29, 0.717) is 46.0 Å². The van der Waals surface area contributed by atoms with E-state index in [4.69, 9.17) is 19.4 Å². The zero-order chi connectivity index (χ0) is 45.9. The number of benzene rings is 3. The number of nitrogens with one attached hydrogen (secondary N) is 5. The standard InChI is InChI=1S/C47H52N8O8S2/c1-28(2)49-46-52-39(27-64-46)38-24-41(33-20-19-31(62-4)22-37(33)51-38)63-32-23-40(55(26-32)44(58)34-15-9-10-16-35(34)50-29(3)56)43(57)53-47-25-30(47)14-8-6-5-7-13-21-48-36-17-11-12-18-42(36)65(60,61)54-45(47)59/h8-12,14-20,22,24,27-28,30,32,40,48H,5-7,13,21,23,25-26H2,1-4H3,(H,49,52)(H,50,56)(H,53,57)(H,54,59)/t30-,32-,40+,47-/m1/s1. The number of nitrogens with zero attached hydrogens (tertiary/aromatic N) is 3. The lowest BCUT2D eigenvalue weighted by atomic mass is 10.1. The Kier molecular flexibility index (Phi) is 13.1. The first-order valence-electron chi connectivity index (χ1n) is 21.7. The highest BCUT2D eigenvalue weighted by Gasteiger charge is 2.61. The summed E-state index contributed by atoms with van der Waals surface area (Å²) >= 11 is 1.45. The molecule has 65 heavy (non-hydrogen) atoms. The Morgan fingerprint density at radius 3 is 2.58 bits per heavy atom. The zero-order valence-electron chi connectivity index (χ0n) is 36.6. The fourth-order valence-electron chi connectivity index (χ4n) is 8.34. The number of allylic oxidation sites excluding steroid dienone is 1. The van der Waals surface area contributed by atoms with E-state index in [2.05, 4.69) is 26.0 Å². The van der Waals surface area contributed by atoms with Crippen molar-refractivity contribution in [1.82, 2.24) is 24.9 Å². The van der Waals surface area contributed by atoms with Gasteiger partial charge in [0, 0.05) is 54.7 Å². The van der Waals surface area contributed by atoms with Crippen LogP contribution in [0.1, 0.15) is 69.7 Å². The number of carbonyl (C=O) groups excluding carboxylic acids is 4. The molecule has 8 rings (SSSR count). The van der Waals surface area contributed by atoms with Gasteiger partial charge in [0.1, 0.15) is 39.8 Å². The predicted molar refractivity (Wildman–Crippen MR) is 250 cm³/mol. The van der Waals surface area contributed by atoms with Gasteiger partial charge >= 0.3 is 0 Å². The Bertz CT molecular complexity index is 2780. The molecule has 2 aromatic heterocycles. The number of rotatable bonds is 10. The van der Waals surface area contributed by atoms with Crippen molar-refractivity contribution in [3.05, 3.63) is 95.9 Å². The molecule has 1 saturated carbocycles. The van der Waals surface area contributed by atoms with Crippen LogP contribution in [0.25, 0.3) is 22.3 Å². The van der Waals surface area contributed by atoms with E-state index >= 15 is 0 Å². The minimum atomic E-state index is -4.39. The SMILES string of the molecule is COc1ccc2c(O[C@@H]3C[C@@H](C(=O)N[C@]45C[C@H]4C=CCCCCCNc4ccccc4S(=O)(=O)NC5=O)N(C(=O)c4ccccc4NC(C)=O)C3)cc(-c3csc(NC(C)C)n3)nc2c1. The number of sulfonamides is 1. The minimum absolute atomic E-state index is 0.00386. The Morgan fingerprint density at radius 1 is 0.985 bits per heavy atom. The number of ether oxygens (including phenoxy) is 2. The van der Waals surface area contributed by atoms with Crippen LogP contribution in [0.2, 0.25) is 0 Å². The first kappa shape index (κ1) is 45.1. The molecule has 5 aromatic rings. The zero-order valence-corrected chi connectivity index (χ0v) is 38.2. The highest BCUT2D eigenvalue weighted by atomic mass is 32.2. The molecule has 0 unspecified atom stereocenters. The molecule has 4 heterocycles. The smallest absolute Gasteiger partial charge is 0.266 e. The maximum absolute atomic E-state index is 14.8. The molecule has 2 aliphatic heterocycles. The number of amides is 4. The summed E-state index contributed by atoms with van der Waals surface area (Å²) in [6.07, 6.45) is 6.57. The Labute approximate surface area is 381 Å². The van der Waals surface area contributed by atoms with Gasteiger partial charge in [0.25, 0.3) is 21.8 Å². The summed E-state index contributed by atoms with van der Waals surface area (Å²) < 4.78 is 42.3. The second kappa shape index (κ2) is 18.9. The Hall–Kier alpha value is -6.53. The van der Waals surface area contributed by atoms with Crippen molar-refractivity contribution in [3.8, 4) is 22.9 Å². The lowest BCUT2D eigenvalue weighted by molar-refractivity contribution is -0.131. The molecule has 18 heteroatoms. The summed E-state index contributed by atoms with van der Waals surface area (Å²) in [4.78, 5) is 67.0. The van der Waals surface area contributed by atoms with Crippen LogP contribution in [0.4, 0.5) is 16.5 Å². The van der Waals surface area contributed by atoms with Gasteiger partial charge in [-0.15, -0.1) is 11.3 Å². The molecule has 5 N–H and O–H groups in total. The summed E-state index contributed by atoms with van der Waals surface area (Å²) in [5.41, 5.74) is 0.872. The number of anilines is 3. The third-order valence-corrected chi connectivity index (χ3v) is 13.8. The fourth-order valence-corrected chi connectivity index (χ4v) is 10.4. The van der Waals surface area contributed by atoms with Gasteiger partial charge in [0.15, 0.2) is 5.13 Å². The molecular formula is C47H52N8O8S2. The molecular weight excluding hydrogens is 869 g/mol. The molecule has 3 aliphatic rings. The summed E-state index contributed by atoms with van der Waals surface area (Å²) in [6.45, 7) is 5.88. The van der Waals surface area contributed by atoms with Crippen molar-refractivity contribution in [1.29, 1.82) is 0 Å². The van der Waals surface area contributed by atoms with E-state index in [1.165, 1.54) is 29.2 Å². The Balaban J connectivity index is 1.14. The Morgan fingerprint density at radius 2 is 1.78 bits per heavy atom. The van der Waals surface area contributed by atoms with E-state index in [1.807, 2.05) is 37.4 Å². The lowest BCUT2D eigenvalue weighted by Gasteiger charge is -2.27. The van der Waals surface area contributed by atoms with E-state index in [-0.39, 0.29) is 47.5 Å². The largest absolute Gasteiger partial charge is 0.497 e. The molecule has 0 radical (unpaired) electrons. The van der Waals surface area contributed by atoms with Crippen molar-refractivity contribution in [2.24, 2.45) is 5.92 Å². The van der Waals surface area contributed by atoms with E-state index < -0.39 is 51.3 Å². The summed E-state index contributed by atoms with van der Waals surface area (Å²) in [6, 6.07) is 19.1. The number of thiazole rings is 1. The van der Waals surface area contributed by atoms with Crippen LogP contribution >= 0.6 is 11.3 Å². The number of hydrogen-bond acceptors (Lipinski definition) is 13. The van der Waals surface area contributed by atoms with Crippen LogP contribution < -0.4 is 35.5 Å². The summed E-state index contributed by atoms with van der Waals surface area (Å²) in [5.74, 6) is -1.99. The average molecular weight is 921 g/mol. The summed E-state index contributed by atoms with van der Waals surface area (Å²) in [5, 5.41) is 15.4. The average Bonchev–Trinajstić information content (AvgIpc) is 3.53.